The van der Waals surface area contributed by atoms with E-state index in [2.05, 4.69) is 24.8 Å². The van der Waals surface area contributed by atoms with Crippen molar-refractivity contribution in [1.29, 1.82) is 0 Å². The van der Waals surface area contributed by atoms with Gasteiger partial charge < -0.3 is 4.74 Å². The van der Waals surface area contributed by atoms with Gasteiger partial charge in [0.1, 0.15) is 6.61 Å². The Hall–Kier alpha value is -2.83. The highest BCUT2D eigenvalue weighted by Gasteiger charge is 2.12. The largest absolute Gasteiger partial charge is 0.372 e. The molecule has 0 fully saturated rings. The Labute approximate surface area is 141 Å². The summed E-state index contributed by atoms with van der Waals surface area (Å²) < 4.78 is 6.76. The smallest absolute Gasteiger partial charge is 0.264 e. The summed E-state index contributed by atoms with van der Waals surface area (Å²) in [6.07, 6.45) is 0.777. The first kappa shape index (κ1) is 16.0. The lowest BCUT2D eigenvalue weighted by molar-refractivity contribution is 0.240. The molecular weight excluding hydrogens is 298 g/mol. The van der Waals surface area contributed by atoms with Crippen LogP contribution in [0.25, 0.3) is 16.5 Å². The molecule has 0 radical (unpaired) electrons. The Bertz CT molecular complexity index is 976. The standard InChI is InChI=1S/C21H19NO2/c1-3-18-15-17-10-7-9-16(11-8-14-24-2)20(17)21(23)22(18)19-12-5-4-6-13-19/h4-7,9-10,12-13,15H,3,14H2,1-2H3. The number of hydrogen-bond acceptors (Lipinski definition) is 2. The zero-order chi connectivity index (χ0) is 16.9. The molecule has 24 heavy (non-hydrogen) atoms. The summed E-state index contributed by atoms with van der Waals surface area (Å²) in [5.41, 5.74) is 2.57. The molecule has 3 aromatic rings. The normalized spacial score (nSPS) is 10.4. The second kappa shape index (κ2) is 7.16. The maximum atomic E-state index is 13.2. The van der Waals surface area contributed by atoms with Crippen molar-refractivity contribution < 1.29 is 4.74 Å². The second-order valence-electron chi connectivity index (χ2n) is 5.47. The van der Waals surface area contributed by atoms with Gasteiger partial charge in [-0.3, -0.25) is 9.36 Å². The highest BCUT2D eigenvalue weighted by Crippen LogP contribution is 2.19. The van der Waals surface area contributed by atoms with Crippen LogP contribution in [0.15, 0.2) is 59.4 Å². The SMILES string of the molecule is CCc1cc2cccc(C#CCOC)c2c(=O)n1-c1ccccc1. The van der Waals surface area contributed by atoms with Crippen LogP contribution in [0.4, 0.5) is 0 Å². The van der Waals surface area contributed by atoms with E-state index in [0.717, 1.165) is 28.8 Å². The topological polar surface area (TPSA) is 31.2 Å². The van der Waals surface area contributed by atoms with Crippen molar-refractivity contribution in [2.75, 3.05) is 13.7 Å². The highest BCUT2D eigenvalue weighted by molar-refractivity contribution is 5.88. The molecule has 2 aromatic carbocycles. The number of rotatable bonds is 3. The van der Waals surface area contributed by atoms with Gasteiger partial charge in [-0.05, 0) is 36.1 Å². The lowest BCUT2D eigenvalue weighted by Crippen LogP contribution is -2.22. The Balaban J connectivity index is 2.33. The summed E-state index contributed by atoms with van der Waals surface area (Å²) in [4.78, 5) is 13.2. The van der Waals surface area contributed by atoms with Gasteiger partial charge in [0.15, 0.2) is 0 Å². The van der Waals surface area contributed by atoms with Crippen LogP contribution in [0.2, 0.25) is 0 Å². The van der Waals surface area contributed by atoms with Gasteiger partial charge in [0.05, 0.1) is 5.39 Å². The molecule has 0 saturated heterocycles. The van der Waals surface area contributed by atoms with Gasteiger partial charge in [-0.15, -0.1) is 0 Å². The number of aromatic nitrogens is 1. The van der Waals surface area contributed by atoms with Crippen molar-refractivity contribution in [2.24, 2.45) is 0 Å². The molecule has 0 bridgehead atoms. The van der Waals surface area contributed by atoms with E-state index in [9.17, 15) is 4.79 Å². The number of para-hydroxylation sites is 1. The summed E-state index contributed by atoms with van der Waals surface area (Å²) in [7, 11) is 1.60. The fraction of sp³-hybridized carbons (Fsp3) is 0.190. The number of hydrogen-bond donors (Lipinski definition) is 0. The Morgan fingerprint density at radius 1 is 1.08 bits per heavy atom. The quantitative estimate of drug-likeness (QED) is 0.692. The number of nitrogens with zero attached hydrogens (tertiary/aromatic N) is 1. The second-order valence-corrected chi connectivity index (χ2v) is 5.47. The van der Waals surface area contributed by atoms with Crippen LogP contribution in [0.5, 0.6) is 0 Å². The average molecular weight is 317 g/mol. The average Bonchev–Trinajstić information content (AvgIpc) is 2.62. The molecular formula is C21H19NO2. The molecule has 0 aliphatic carbocycles. The van der Waals surface area contributed by atoms with Crippen LogP contribution in [-0.2, 0) is 11.2 Å². The third kappa shape index (κ3) is 2.97. The van der Waals surface area contributed by atoms with Crippen LogP contribution in [0, 0.1) is 11.8 Å². The van der Waals surface area contributed by atoms with Gasteiger partial charge in [-0.25, -0.2) is 0 Å². The van der Waals surface area contributed by atoms with Gasteiger partial charge in [0.2, 0.25) is 0 Å². The number of methoxy groups -OCH3 is 1. The van der Waals surface area contributed by atoms with E-state index in [1.54, 1.807) is 11.7 Å². The minimum absolute atomic E-state index is 0.0298. The molecule has 0 amide bonds. The molecule has 1 aromatic heterocycles. The Morgan fingerprint density at radius 2 is 1.88 bits per heavy atom. The molecule has 3 rings (SSSR count). The molecule has 0 atom stereocenters. The van der Waals surface area contributed by atoms with Crippen molar-refractivity contribution in [2.45, 2.75) is 13.3 Å². The van der Waals surface area contributed by atoms with E-state index >= 15 is 0 Å². The van der Waals surface area contributed by atoms with E-state index < -0.39 is 0 Å². The number of ether oxygens (including phenoxy) is 1. The zero-order valence-electron chi connectivity index (χ0n) is 13.9. The van der Waals surface area contributed by atoms with Crippen molar-refractivity contribution in [1.82, 2.24) is 4.57 Å². The number of pyridine rings is 1. The van der Waals surface area contributed by atoms with Gasteiger partial charge in [0, 0.05) is 24.1 Å². The molecule has 0 aliphatic rings. The Kier molecular flexibility index (Phi) is 4.79. The molecule has 1 heterocycles. The van der Waals surface area contributed by atoms with Gasteiger partial charge in [-0.1, -0.05) is 49.1 Å². The third-order valence-corrected chi connectivity index (χ3v) is 3.94. The Morgan fingerprint density at radius 3 is 2.58 bits per heavy atom. The lowest BCUT2D eigenvalue weighted by atomic mass is 10.0. The van der Waals surface area contributed by atoms with Crippen molar-refractivity contribution in [3.05, 3.63) is 76.2 Å². The van der Waals surface area contributed by atoms with Crippen LogP contribution in [0.1, 0.15) is 18.2 Å². The van der Waals surface area contributed by atoms with Crippen LogP contribution < -0.4 is 5.56 Å². The molecule has 0 aliphatic heterocycles. The first-order valence-electron chi connectivity index (χ1n) is 7.97. The summed E-state index contributed by atoms with van der Waals surface area (Å²) >= 11 is 0. The summed E-state index contributed by atoms with van der Waals surface area (Å²) in [5.74, 6) is 6.00. The van der Waals surface area contributed by atoms with E-state index in [-0.39, 0.29) is 5.56 Å². The highest BCUT2D eigenvalue weighted by atomic mass is 16.5. The van der Waals surface area contributed by atoms with E-state index in [0.29, 0.717) is 12.0 Å². The van der Waals surface area contributed by atoms with E-state index in [1.807, 2.05) is 48.5 Å². The third-order valence-electron chi connectivity index (χ3n) is 3.94. The predicted molar refractivity (Wildman–Crippen MR) is 97.7 cm³/mol. The van der Waals surface area contributed by atoms with Crippen LogP contribution >= 0.6 is 0 Å². The van der Waals surface area contributed by atoms with Crippen molar-refractivity contribution >= 4 is 10.8 Å². The zero-order valence-corrected chi connectivity index (χ0v) is 13.9. The molecule has 0 spiro atoms. The monoisotopic (exact) mass is 317 g/mol. The number of fused-ring (bicyclic) bond motifs is 1. The lowest BCUT2D eigenvalue weighted by Gasteiger charge is -2.14. The van der Waals surface area contributed by atoms with Crippen molar-refractivity contribution in [3.63, 3.8) is 0 Å². The summed E-state index contributed by atoms with van der Waals surface area (Å²) in [6.45, 7) is 2.40. The summed E-state index contributed by atoms with van der Waals surface area (Å²) in [6, 6.07) is 17.6. The fourth-order valence-electron chi connectivity index (χ4n) is 2.84. The summed E-state index contributed by atoms with van der Waals surface area (Å²) in [5, 5.41) is 1.58. The maximum absolute atomic E-state index is 13.2. The van der Waals surface area contributed by atoms with Gasteiger partial charge in [-0.2, -0.15) is 0 Å². The van der Waals surface area contributed by atoms with Crippen LogP contribution in [-0.4, -0.2) is 18.3 Å². The van der Waals surface area contributed by atoms with Gasteiger partial charge >= 0.3 is 0 Å². The van der Waals surface area contributed by atoms with Crippen molar-refractivity contribution in [3.8, 4) is 17.5 Å². The minimum atomic E-state index is -0.0298. The fourth-order valence-corrected chi connectivity index (χ4v) is 2.84. The first-order chi connectivity index (χ1) is 11.8. The number of aryl methyl sites for hydroxylation is 1. The molecule has 120 valence electrons. The van der Waals surface area contributed by atoms with E-state index in [4.69, 9.17) is 4.74 Å². The molecule has 3 heteroatoms. The molecule has 0 saturated carbocycles. The van der Waals surface area contributed by atoms with E-state index in [1.165, 1.54) is 0 Å². The molecule has 0 N–H and O–H groups in total. The van der Waals surface area contributed by atoms with Gasteiger partial charge in [0.25, 0.3) is 5.56 Å². The maximum Gasteiger partial charge on any atom is 0.264 e. The number of benzene rings is 2. The molecule has 0 unspecified atom stereocenters. The molecule has 3 nitrogen and oxygen atoms in total. The van der Waals surface area contributed by atoms with Crippen LogP contribution in [0.3, 0.4) is 0 Å². The predicted octanol–water partition coefficient (Wildman–Crippen LogP) is 3.55. The minimum Gasteiger partial charge on any atom is -0.372 e. The first-order valence-corrected chi connectivity index (χ1v) is 7.97.